The van der Waals surface area contributed by atoms with E-state index in [9.17, 15) is 0 Å². The number of nitrogens with one attached hydrogen (secondary N) is 1. The summed E-state index contributed by atoms with van der Waals surface area (Å²) in [5.74, 6) is 0. The average molecular weight is 415 g/mol. The second-order valence-corrected chi connectivity index (χ2v) is 20.3. The molecule has 0 fully saturated rings. The Morgan fingerprint density at radius 1 is 1.04 bits per heavy atom. The van der Waals surface area contributed by atoms with Crippen molar-refractivity contribution in [3.8, 4) is 0 Å². The van der Waals surface area contributed by atoms with Gasteiger partial charge in [0.2, 0.25) is 0 Å². The van der Waals surface area contributed by atoms with Gasteiger partial charge in [-0.25, -0.2) is 0 Å². The topological polar surface area (TPSA) is 12.0 Å². The molecule has 0 amide bonds. The van der Waals surface area contributed by atoms with E-state index in [4.69, 9.17) is 0 Å². The summed E-state index contributed by atoms with van der Waals surface area (Å²) in [6.45, 7) is 13.6. The molecule has 1 nitrogen and oxygen atoms in total. The van der Waals surface area contributed by atoms with Gasteiger partial charge in [0.05, 0.1) is 0 Å². The van der Waals surface area contributed by atoms with Crippen LogP contribution >= 0.6 is 0 Å². The van der Waals surface area contributed by atoms with E-state index in [0.717, 1.165) is 0 Å². The maximum absolute atomic E-state index is 4.06. The Bertz CT molecular complexity index is 804. The van der Waals surface area contributed by atoms with E-state index < -0.39 is 24.0 Å². The molecule has 0 atom stereocenters. The summed E-state index contributed by atoms with van der Waals surface area (Å²) in [6.07, 6.45) is 9.03. The predicted molar refractivity (Wildman–Crippen MR) is 98.0 cm³/mol. The Morgan fingerprint density at radius 3 is 2.29 bits per heavy atom. The third-order valence-corrected chi connectivity index (χ3v) is 16.0. The Kier molecular flexibility index (Phi) is 7.38. The zero-order valence-corrected chi connectivity index (χ0v) is 19.5. The summed E-state index contributed by atoms with van der Waals surface area (Å²) >= 11 is -1.43. The van der Waals surface area contributed by atoms with Crippen LogP contribution in [0.3, 0.4) is 0 Å². The molecule has 1 aromatic rings. The molecule has 2 aliphatic rings. The molecular formula is C19H26Cl2NSiTi. The van der Waals surface area contributed by atoms with E-state index in [1.54, 1.807) is 3.88 Å². The van der Waals surface area contributed by atoms with E-state index in [0.29, 0.717) is 0 Å². The SMILES string of the molecule is CC1=[C]([Ti+2]([NH]C(C)(C)C)[SiH](C)C)c2cc3c(cc2=C1)C=CC=3.[Cl-].[Cl-]. The molecule has 0 spiro atoms. The third-order valence-electron chi connectivity index (χ3n) is 4.20. The smallest absolute Gasteiger partial charge is 1.00 e. The Morgan fingerprint density at radius 2 is 1.71 bits per heavy atom. The summed E-state index contributed by atoms with van der Waals surface area (Å²) < 4.78 is 5.76. The van der Waals surface area contributed by atoms with E-state index in [1.807, 2.05) is 0 Å². The fraction of sp³-hybridized carbons (Fsp3) is 0.368. The zero-order valence-electron chi connectivity index (χ0n) is 15.3. The van der Waals surface area contributed by atoms with E-state index in [2.05, 4.69) is 81.0 Å². The van der Waals surface area contributed by atoms with Crippen LogP contribution in [0, 0.1) is 0 Å². The first-order valence-electron chi connectivity index (χ1n) is 8.17. The number of benzene rings is 1. The summed E-state index contributed by atoms with van der Waals surface area (Å²) in [4.78, 5) is 0. The monoisotopic (exact) mass is 414 g/mol. The van der Waals surface area contributed by atoms with Gasteiger partial charge in [-0.1, -0.05) is 0 Å². The van der Waals surface area contributed by atoms with Crippen LogP contribution < -0.4 is 39.1 Å². The maximum atomic E-state index is 4.06. The first-order chi connectivity index (χ1) is 10.3. The van der Waals surface area contributed by atoms with Gasteiger partial charge in [-0.2, -0.15) is 0 Å². The van der Waals surface area contributed by atoms with Crippen LogP contribution in [0.1, 0.15) is 38.8 Å². The van der Waals surface area contributed by atoms with Crippen LogP contribution in [-0.4, -0.2) is 12.2 Å². The summed E-state index contributed by atoms with van der Waals surface area (Å²) in [7, 11) is 0. The van der Waals surface area contributed by atoms with Gasteiger partial charge in [0.15, 0.2) is 0 Å². The van der Waals surface area contributed by atoms with Crippen LogP contribution in [0.5, 0.6) is 0 Å². The molecule has 129 valence electrons. The Balaban J connectivity index is 0.00000144. The van der Waals surface area contributed by atoms with Crippen molar-refractivity contribution in [2.24, 2.45) is 0 Å². The van der Waals surface area contributed by atoms with Gasteiger partial charge in [0.1, 0.15) is 0 Å². The molecule has 0 bridgehead atoms. The second-order valence-electron chi connectivity index (χ2n) is 7.74. The zero-order chi connectivity index (χ0) is 16.1. The second kappa shape index (κ2) is 8.07. The number of rotatable bonds is 3. The van der Waals surface area contributed by atoms with Gasteiger partial charge in [0.25, 0.3) is 0 Å². The number of allylic oxidation sites excluding steroid dienone is 2. The van der Waals surface area contributed by atoms with Crippen molar-refractivity contribution in [2.75, 3.05) is 0 Å². The minimum absolute atomic E-state index is 0. The summed E-state index contributed by atoms with van der Waals surface area (Å²) in [6, 6.07) is 4.80. The van der Waals surface area contributed by atoms with E-state index >= 15 is 0 Å². The van der Waals surface area contributed by atoms with Crippen molar-refractivity contribution < 1.29 is 42.2 Å². The van der Waals surface area contributed by atoms with Crippen molar-refractivity contribution in [1.82, 2.24) is 3.80 Å². The molecule has 1 N–H and O–H groups in total. The fourth-order valence-corrected chi connectivity index (χ4v) is 14.6. The number of hydrogen-bond acceptors (Lipinski definition) is 1. The van der Waals surface area contributed by atoms with Gasteiger partial charge >= 0.3 is 142 Å². The van der Waals surface area contributed by atoms with Gasteiger partial charge in [-0.05, 0) is 0 Å². The molecule has 5 heteroatoms. The molecule has 0 heterocycles. The molecule has 0 saturated heterocycles. The van der Waals surface area contributed by atoms with Gasteiger partial charge < -0.3 is 24.8 Å². The van der Waals surface area contributed by atoms with Crippen LogP contribution in [0.25, 0.3) is 22.1 Å². The Hall–Kier alpha value is -0.0888. The molecule has 0 unspecified atom stereocenters. The third kappa shape index (κ3) is 4.35. The first-order valence-corrected chi connectivity index (χ1v) is 15.3. The minimum atomic E-state index is -1.43. The standard InChI is InChI=1S/C13H9.C4H10N.C2H7Si.2ClH.Ti/c1-9-5-12-7-10-3-2-4-11(10)8-13(12)6-9;1-4(2,3)5;1-3-2;;;/h2-5,7-8H,1H3;5H,1-3H3;3H,1-2H3;2*1H;/q;-1;;;;+3/p-2. The van der Waals surface area contributed by atoms with Crippen molar-refractivity contribution in [3.05, 3.63) is 45.3 Å². The normalized spacial score (nSPS) is 14.5. The minimum Gasteiger partial charge on any atom is -1.00 e. The first kappa shape index (κ1) is 22.0. The quantitative estimate of drug-likeness (QED) is 0.517. The van der Waals surface area contributed by atoms with Crippen molar-refractivity contribution in [2.45, 2.75) is 46.3 Å². The van der Waals surface area contributed by atoms with Crippen molar-refractivity contribution >= 4 is 28.8 Å². The number of fused-ring (bicyclic) bond motifs is 2. The molecule has 2 aliphatic carbocycles. The number of halogens is 2. The van der Waals surface area contributed by atoms with E-state index in [-0.39, 0.29) is 30.4 Å². The van der Waals surface area contributed by atoms with Crippen molar-refractivity contribution in [1.29, 1.82) is 0 Å². The van der Waals surface area contributed by atoms with Crippen LogP contribution in [0.4, 0.5) is 0 Å². The molecule has 0 saturated carbocycles. The van der Waals surface area contributed by atoms with E-state index in [1.165, 1.54) is 27.1 Å². The molecule has 0 radical (unpaired) electrons. The fourth-order valence-electron chi connectivity index (χ4n) is 3.31. The summed E-state index contributed by atoms with van der Waals surface area (Å²) in [5, 5.41) is 2.82. The molecular weight excluding hydrogens is 389 g/mol. The Labute approximate surface area is 165 Å². The van der Waals surface area contributed by atoms with Gasteiger partial charge in [-0.15, -0.1) is 0 Å². The molecule has 24 heavy (non-hydrogen) atoms. The summed E-state index contributed by atoms with van der Waals surface area (Å²) in [5.41, 5.74) is 4.61. The van der Waals surface area contributed by atoms with Crippen LogP contribution in [0.2, 0.25) is 13.1 Å². The largest absolute Gasteiger partial charge is 1.00 e. The van der Waals surface area contributed by atoms with Crippen molar-refractivity contribution in [3.63, 3.8) is 0 Å². The van der Waals surface area contributed by atoms with Crippen LogP contribution in [-0.2, 0) is 17.4 Å². The molecule has 1 aromatic carbocycles. The van der Waals surface area contributed by atoms with Gasteiger partial charge in [0, 0.05) is 0 Å². The average Bonchev–Trinajstić information content (AvgIpc) is 2.94. The predicted octanol–water partition coefficient (Wildman–Crippen LogP) is -3.07. The van der Waals surface area contributed by atoms with Gasteiger partial charge in [-0.3, -0.25) is 0 Å². The molecule has 0 aromatic heterocycles. The molecule has 3 rings (SSSR count). The number of hydrogen-bond donors (Lipinski definition) is 1. The molecule has 0 aliphatic heterocycles. The van der Waals surface area contributed by atoms with Crippen LogP contribution in [0.15, 0.2) is 23.8 Å². The maximum Gasteiger partial charge on any atom is -1.00 e.